The molecular formula is C28H33N3O2. The number of benzene rings is 2. The molecule has 0 heterocycles. The maximum Gasteiger partial charge on any atom is 0.215 e. The number of ether oxygens (including phenoxy) is 1. The molecule has 0 spiro atoms. The second kappa shape index (κ2) is 11.1. The number of hydrogen-bond acceptors (Lipinski definition) is 5. The van der Waals surface area contributed by atoms with Crippen molar-refractivity contribution >= 4 is 11.5 Å². The number of carbonyl (C=O) groups is 1. The molecule has 33 heavy (non-hydrogen) atoms. The summed E-state index contributed by atoms with van der Waals surface area (Å²) in [7, 11) is 0. The molecule has 0 aromatic heterocycles. The van der Waals surface area contributed by atoms with Crippen molar-refractivity contribution in [2.24, 2.45) is 16.6 Å². The lowest BCUT2D eigenvalue weighted by atomic mass is 9.98. The molecule has 2 aromatic carbocycles. The molecule has 0 saturated carbocycles. The molecule has 172 valence electrons. The smallest absolute Gasteiger partial charge is 0.215 e. The molecule has 0 saturated heterocycles. The van der Waals surface area contributed by atoms with Crippen LogP contribution in [-0.4, -0.2) is 17.5 Å². The van der Waals surface area contributed by atoms with Crippen molar-refractivity contribution in [3.8, 4) is 22.9 Å². The summed E-state index contributed by atoms with van der Waals surface area (Å²) in [5, 5.41) is 9.47. The van der Waals surface area contributed by atoms with Crippen LogP contribution in [0, 0.1) is 17.2 Å². The Kier molecular flexibility index (Phi) is 8.19. The highest BCUT2D eigenvalue weighted by molar-refractivity contribution is 6.04. The van der Waals surface area contributed by atoms with Crippen LogP contribution in [0.2, 0.25) is 0 Å². The molecule has 2 atom stereocenters. The van der Waals surface area contributed by atoms with E-state index in [9.17, 15) is 10.1 Å². The highest BCUT2D eigenvalue weighted by Gasteiger charge is 2.27. The van der Waals surface area contributed by atoms with Gasteiger partial charge in [0.2, 0.25) is 5.88 Å². The van der Waals surface area contributed by atoms with Gasteiger partial charge < -0.3 is 10.5 Å². The number of aliphatic imine (C=N–C) groups is 1. The Morgan fingerprint density at radius 1 is 1.27 bits per heavy atom. The number of hydrogen-bond donors (Lipinski definition) is 1. The van der Waals surface area contributed by atoms with Gasteiger partial charge in [-0.25, -0.2) is 4.99 Å². The lowest BCUT2D eigenvalue weighted by molar-refractivity contribution is 0.0974. The second-order valence-corrected chi connectivity index (χ2v) is 8.86. The van der Waals surface area contributed by atoms with Gasteiger partial charge in [-0.3, -0.25) is 4.79 Å². The van der Waals surface area contributed by atoms with Gasteiger partial charge in [0.05, 0.1) is 17.7 Å². The van der Waals surface area contributed by atoms with E-state index in [0.717, 1.165) is 48.1 Å². The second-order valence-electron chi connectivity index (χ2n) is 8.86. The summed E-state index contributed by atoms with van der Waals surface area (Å²) >= 11 is 0. The Morgan fingerprint density at radius 3 is 2.73 bits per heavy atom. The van der Waals surface area contributed by atoms with Crippen LogP contribution in [0.25, 0.3) is 11.1 Å². The number of ketones is 1. The SMILES string of the molecule is CCCC(C)=N/C(=C\CC(C)CC)Oc1cc(C#N)ccc1-c1ccc2c(c1)CC(N)C2=O. The highest BCUT2D eigenvalue weighted by Crippen LogP contribution is 2.35. The average molecular weight is 444 g/mol. The van der Waals surface area contributed by atoms with Crippen LogP contribution in [0.15, 0.2) is 53.3 Å². The number of nitriles is 1. The van der Waals surface area contributed by atoms with Gasteiger partial charge in [0, 0.05) is 16.8 Å². The first-order valence-electron chi connectivity index (χ1n) is 11.8. The number of allylic oxidation sites excluding steroid dienone is 1. The van der Waals surface area contributed by atoms with E-state index in [1.807, 2.05) is 37.3 Å². The quantitative estimate of drug-likeness (QED) is 0.369. The van der Waals surface area contributed by atoms with Crippen molar-refractivity contribution in [3.05, 3.63) is 65.0 Å². The van der Waals surface area contributed by atoms with Gasteiger partial charge in [-0.1, -0.05) is 51.8 Å². The summed E-state index contributed by atoms with van der Waals surface area (Å²) in [4.78, 5) is 17.0. The Hall–Kier alpha value is -3.23. The summed E-state index contributed by atoms with van der Waals surface area (Å²) < 4.78 is 6.35. The third-order valence-corrected chi connectivity index (χ3v) is 6.09. The number of nitrogens with zero attached hydrogens (tertiary/aromatic N) is 2. The Balaban J connectivity index is 2.02. The van der Waals surface area contributed by atoms with Crippen molar-refractivity contribution < 1.29 is 9.53 Å². The maximum atomic E-state index is 12.2. The molecule has 1 aliphatic rings. The fourth-order valence-electron chi connectivity index (χ4n) is 3.91. The van der Waals surface area contributed by atoms with E-state index in [4.69, 9.17) is 15.5 Å². The zero-order valence-electron chi connectivity index (χ0n) is 20.0. The summed E-state index contributed by atoms with van der Waals surface area (Å²) in [6.45, 7) is 8.51. The molecular weight excluding hydrogens is 410 g/mol. The predicted molar refractivity (Wildman–Crippen MR) is 133 cm³/mol. The topological polar surface area (TPSA) is 88.5 Å². The largest absolute Gasteiger partial charge is 0.439 e. The van der Waals surface area contributed by atoms with Gasteiger partial charge in [-0.2, -0.15) is 5.26 Å². The molecule has 2 N–H and O–H groups in total. The van der Waals surface area contributed by atoms with Crippen LogP contribution >= 0.6 is 0 Å². The van der Waals surface area contributed by atoms with Crippen LogP contribution in [0.4, 0.5) is 0 Å². The number of carbonyl (C=O) groups excluding carboxylic acids is 1. The fourth-order valence-corrected chi connectivity index (χ4v) is 3.91. The Bertz CT molecular complexity index is 1120. The Morgan fingerprint density at radius 2 is 2.03 bits per heavy atom. The average Bonchev–Trinajstić information content (AvgIpc) is 3.09. The van der Waals surface area contributed by atoms with E-state index in [-0.39, 0.29) is 5.78 Å². The zero-order chi connectivity index (χ0) is 24.0. The number of Topliss-reactive ketones (excluding diaryl/α,β-unsaturated/α-hetero) is 1. The number of rotatable bonds is 9. The molecule has 2 aromatic rings. The molecule has 2 unspecified atom stereocenters. The molecule has 0 bridgehead atoms. The number of fused-ring (bicyclic) bond motifs is 1. The van der Waals surface area contributed by atoms with E-state index in [0.29, 0.717) is 35.1 Å². The molecule has 0 fully saturated rings. The first-order chi connectivity index (χ1) is 15.9. The van der Waals surface area contributed by atoms with E-state index >= 15 is 0 Å². The summed E-state index contributed by atoms with van der Waals surface area (Å²) in [6, 6.07) is 12.9. The summed E-state index contributed by atoms with van der Waals surface area (Å²) in [5.74, 6) is 1.64. The van der Waals surface area contributed by atoms with Gasteiger partial charge >= 0.3 is 0 Å². The van der Waals surface area contributed by atoms with Crippen LogP contribution in [0.3, 0.4) is 0 Å². The molecule has 1 aliphatic carbocycles. The van der Waals surface area contributed by atoms with Gasteiger partial charge in [0.15, 0.2) is 5.78 Å². The van der Waals surface area contributed by atoms with Gasteiger partial charge in [0.1, 0.15) is 5.75 Å². The van der Waals surface area contributed by atoms with Gasteiger partial charge in [-0.15, -0.1) is 0 Å². The van der Waals surface area contributed by atoms with Gasteiger partial charge in [-0.05, 0) is 67.5 Å². The molecule has 5 heteroatoms. The van der Waals surface area contributed by atoms with E-state index in [1.54, 1.807) is 12.1 Å². The number of nitrogens with two attached hydrogens (primary N) is 1. The molecule has 0 amide bonds. The van der Waals surface area contributed by atoms with Crippen molar-refractivity contribution in [2.75, 3.05) is 0 Å². The van der Waals surface area contributed by atoms with Crippen molar-refractivity contribution in [3.63, 3.8) is 0 Å². The van der Waals surface area contributed by atoms with Crippen molar-refractivity contribution in [2.45, 2.75) is 65.8 Å². The normalized spacial score (nSPS) is 17.0. The Labute approximate surface area is 197 Å². The third kappa shape index (κ3) is 5.97. The first-order valence-corrected chi connectivity index (χ1v) is 11.8. The molecule has 0 radical (unpaired) electrons. The van der Waals surface area contributed by atoms with Crippen LogP contribution in [0.5, 0.6) is 5.75 Å². The van der Waals surface area contributed by atoms with Crippen LogP contribution in [-0.2, 0) is 6.42 Å². The minimum absolute atomic E-state index is 0.0103. The van der Waals surface area contributed by atoms with E-state index in [1.165, 1.54) is 0 Å². The zero-order valence-corrected chi connectivity index (χ0v) is 20.0. The fraction of sp³-hybridized carbons (Fsp3) is 0.393. The first kappa shape index (κ1) is 24.4. The molecule has 0 aliphatic heterocycles. The lowest BCUT2D eigenvalue weighted by Gasteiger charge is -2.14. The highest BCUT2D eigenvalue weighted by atomic mass is 16.5. The minimum Gasteiger partial charge on any atom is -0.439 e. The van der Waals surface area contributed by atoms with E-state index in [2.05, 4.69) is 26.8 Å². The predicted octanol–water partition coefficient (Wildman–Crippen LogP) is 6.21. The van der Waals surface area contributed by atoms with E-state index < -0.39 is 6.04 Å². The summed E-state index contributed by atoms with van der Waals surface area (Å²) in [6.07, 6.45) is 6.42. The maximum absolute atomic E-state index is 12.2. The molecule has 3 rings (SSSR count). The van der Waals surface area contributed by atoms with Crippen LogP contribution in [0.1, 0.15) is 74.9 Å². The molecule has 5 nitrogen and oxygen atoms in total. The lowest BCUT2D eigenvalue weighted by Crippen LogP contribution is -2.26. The third-order valence-electron chi connectivity index (χ3n) is 6.09. The van der Waals surface area contributed by atoms with Crippen molar-refractivity contribution in [1.29, 1.82) is 5.26 Å². The van der Waals surface area contributed by atoms with Crippen LogP contribution < -0.4 is 10.5 Å². The standard InChI is InChI=1S/C28H33N3O2/c1-5-7-19(4)31-27(13-8-18(3)6-2)33-26-14-20(17-29)9-11-23(26)21-10-12-24-22(15-21)16-25(30)28(24)32/h9-15,18,25H,5-8,16,30H2,1-4H3/b27-13+,31-19?. The van der Waals surface area contributed by atoms with Crippen molar-refractivity contribution in [1.82, 2.24) is 0 Å². The van der Waals surface area contributed by atoms with Gasteiger partial charge in [0.25, 0.3) is 0 Å². The monoisotopic (exact) mass is 443 g/mol. The minimum atomic E-state index is -0.474. The summed E-state index contributed by atoms with van der Waals surface area (Å²) in [5.41, 5.74) is 10.9.